The quantitative estimate of drug-likeness (QED) is 0.902. The average molecular weight is 288 g/mol. The molecule has 1 saturated carbocycles. The number of rotatable bonds is 5. The van der Waals surface area contributed by atoms with Crippen LogP contribution in [0.1, 0.15) is 61.9 Å². The number of hydrogen-bond acceptors (Lipinski definition) is 3. The van der Waals surface area contributed by atoms with Gasteiger partial charge in [-0.1, -0.05) is 0 Å². The van der Waals surface area contributed by atoms with Crippen molar-refractivity contribution in [3.8, 4) is 0 Å². The molecule has 4 heteroatoms. The van der Waals surface area contributed by atoms with Gasteiger partial charge in [0.2, 0.25) is 0 Å². The second kappa shape index (κ2) is 6.09. The van der Waals surface area contributed by atoms with E-state index in [1.165, 1.54) is 69.7 Å². The minimum Gasteiger partial charge on any atom is -0.333 e. The second-order valence-corrected chi connectivity index (χ2v) is 7.06. The Balaban J connectivity index is 1.48. The molecule has 2 aliphatic heterocycles. The lowest BCUT2D eigenvalue weighted by Crippen LogP contribution is -2.29. The van der Waals surface area contributed by atoms with E-state index in [9.17, 15) is 0 Å². The van der Waals surface area contributed by atoms with E-state index in [2.05, 4.69) is 21.0 Å². The lowest BCUT2D eigenvalue weighted by atomic mass is 9.97. The van der Waals surface area contributed by atoms with Crippen molar-refractivity contribution in [1.29, 1.82) is 0 Å². The first-order chi connectivity index (χ1) is 10.4. The lowest BCUT2D eigenvalue weighted by molar-refractivity contribution is 0.316. The Morgan fingerprint density at radius 3 is 2.48 bits per heavy atom. The fourth-order valence-corrected chi connectivity index (χ4v) is 3.87. The molecule has 1 N–H and O–H groups in total. The molecule has 0 radical (unpaired) electrons. The highest BCUT2D eigenvalue weighted by Crippen LogP contribution is 2.40. The van der Waals surface area contributed by atoms with Crippen molar-refractivity contribution in [2.24, 2.45) is 0 Å². The first-order valence-electron chi connectivity index (χ1n) is 8.90. The highest BCUT2D eigenvalue weighted by atomic mass is 15.2. The number of imidazole rings is 1. The molecule has 0 aromatic carbocycles. The zero-order valence-electron chi connectivity index (χ0n) is 13.1. The molecule has 3 aliphatic rings. The number of likely N-dealkylation sites (tertiary alicyclic amines) is 1. The summed E-state index contributed by atoms with van der Waals surface area (Å²) in [5.74, 6) is 2.84. The summed E-state index contributed by atoms with van der Waals surface area (Å²) >= 11 is 0. The predicted molar refractivity (Wildman–Crippen MR) is 84.7 cm³/mol. The van der Waals surface area contributed by atoms with E-state index < -0.39 is 0 Å². The Kier molecular flexibility index (Phi) is 3.99. The zero-order chi connectivity index (χ0) is 14.1. The molecule has 0 atom stereocenters. The standard InChI is InChI=1S/C17H28N4/c1-2-10-20(9-1)11-12-21-13-16(14-3-4-14)19-17(21)15-5-7-18-8-6-15/h13-15,18H,1-12H2. The topological polar surface area (TPSA) is 33.1 Å². The summed E-state index contributed by atoms with van der Waals surface area (Å²) in [6, 6.07) is 0. The van der Waals surface area contributed by atoms with Gasteiger partial charge >= 0.3 is 0 Å². The maximum atomic E-state index is 5.06. The third-order valence-electron chi connectivity index (χ3n) is 5.38. The molecule has 4 nitrogen and oxygen atoms in total. The van der Waals surface area contributed by atoms with Crippen molar-refractivity contribution in [2.45, 2.75) is 56.9 Å². The van der Waals surface area contributed by atoms with Crippen LogP contribution in [0.3, 0.4) is 0 Å². The Morgan fingerprint density at radius 1 is 1.00 bits per heavy atom. The van der Waals surface area contributed by atoms with Gasteiger partial charge in [0.25, 0.3) is 0 Å². The van der Waals surface area contributed by atoms with Crippen molar-refractivity contribution in [1.82, 2.24) is 19.8 Å². The van der Waals surface area contributed by atoms with Crippen LogP contribution < -0.4 is 5.32 Å². The molecular weight excluding hydrogens is 260 g/mol. The fraction of sp³-hybridized carbons (Fsp3) is 0.824. The van der Waals surface area contributed by atoms with E-state index in [0.717, 1.165) is 25.6 Å². The molecule has 3 fully saturated rings. The van der Waals surface area contributed by atoms with Crippen LogP contribution in [0.25, 0.3) is 0 Å². The van der Waals surface area contributed by atoms with Gasteiger partial charge in [-0.15, -0.1) is 0 Å². The van der Waals surface area contributed by atoms with Crippen molar-refractivity contribution >= 4 is 0 Å². The summed E-state index contributed by atoms with van der Waals surface area (Å²) in [5, 5.41) is 3.48. The van der Waals surface area contributed by atoms with Gasteiger partial charge in [0.15, 0.2) is 0 Å². The zero-order valence-corrected chi connectivity index (χ0v) is 13.1. The SMILES string of the molecule is c1c(C2CC2)nc(C2CCNCC2)n1CCN1CCCC1. The number of nitrogens with zero attached hydrogens (tertiary/aromatic N) is 3. The summed E-state index contributed by atoms with van der Waals surface area (Å²) in [6.07, 6.45) is 10.4. The van der Waals surface area contributed by atoms with Crippen molar-refractivity contribution in [3.63, 3.8) is 0 Å². The van der Waals surface area contributed by atoms with Gasteiger partial charge in [0.05, 0.1) is 5.69 Å². The second-order valence-electron chi connectivity index (χ2n) is 7.06. The normalized spacial score (nSPS) is 24.8. The summed E-state index contributed by atoms with van der Waals surface area (Å²) < 4.78 is 2.50. The predicted octanol–water partition coefficient (Wildman–Crippen LogP) is 2.32. The molecule has 0 unspecified atom stereocenters. The summed E-state index contributed by atoms with van der Waals surface area (Å²) in [7, 11) is 0. The first-order valence-corrected chi connectivity index (χ1v) is 8.90. The van der Waals surface area contributed by atoms with Crippen LogP contribution in [0.2, 0.25) is 0 Å². The molecule has 0 amide bonds. The van der Waals surface area contributed by atoms with E-state index in [-0.39, 0.29) is 0 Å². The first kappa shape index (κ1) is 13.8. The van der Waals surface area contributed by atoms with E-state index in [1.807, 2.05) is 0 Å². The largest absolute Gasteiger partial charge is 0.333 e. The Hall–Kier alpha value is -0.870. The maximum absolute atomic E-state index is 5.06. The molecule has 2 saturated heterocycles. The van der Waals surface area contributed by atoms with Crippen LogP contribution in [-0.4, -0.2) is 47.2 Å². The molecule has 1 aliphatic carbocycles. The third kappa shape index (κ3) is 3.16. The molecule has 1 aromatic rings. The Morgan fingerprint density at radius 2 is 1.76 bits per heavy atom. The fourth-order valence-electron chi connectivity index (χ4n) is 3.87. The molecule has 1 aromatic heterocycles. The average Bonchev–Trinajstić information content (AvgIpc) is 3.09. The monoisotopic (exact) mass is 288 g/mol. The van der Waals surface area contributed by atoms with Crippen LogP contribution in [0.4, 0.5) is 0 Å². The van der Waals surface area contributed by atoms with E-state index in [0.29, 0.717) is 5.92 Å². The van der Waals surface area contributed by atoms with Gasteiger partial charge in [-0.05, 0) is 64.7 Å². The van der Waals surface area contributed by atoms with Gasteiger partial charge < -0.3 is 14.8 Å². The molecule has 4 rings (SSSR count). The lowest BCUT2D eigenvalue weighted by Gasteiger charge is -2.24. The highest BCUT2D eigenvalue weighted by molar-refractivity contribution is 5.17. The van der Waals surface area contributed by atoms with Gasteiger partial charge in [0.1, 0.15) is 5.82 Å². The van der Waals surface area contributed by atoms with Crippen LogP contribution in [0.15, 0.2) is 6.20 Å². The third-order valence-corrected chi connectivity index (χ3v) is 5.38. The molecule has 21 heavy (non-hydrogen) atoms. The minimum atomic E-state index is 0.678. The molecule has 116 valence electrons. The number of nitrogens with one attached hydrogen (secondary N) is 1. The van der Waals surface area contributed by atoms with Crippen molar-refractivity contribution < 1.29 is 0 Å². The Bertz CT molecular complexity index is 465. The molecule has 0 bridgehead atoms. The van der Waals surface area contributed by atoms with Crippen molar-refractivity contribution in [3.05, 3.63) is 17.7 Å². The van der Waals surface area contributed by atoms with E-state index in [4.69, 9.17) is 4.98 Å². The smallest absolute Gasteiger partial charge is 0.112 e. The van der Waals surface area contributed by atoms with Crippen LogP contribution in [-0.2, 0) is 6.54 Å². The molecular formula is C17H28N4. The number of aromatic nitrogens is 2. The van der Waals surface area contributed by atoms with Gasteiger partial charge in [-0.25, -0.2) is 4.98 Å². The Labute approximate surface area is 127 Å². The molecule has 0 spiro atoms. The summed E-state index contributed by atoms with van der Waals surface area (Å²) in [4.78, 5) is 7.67. The summed E-state index contributed by atoms with van der Waals surface area (Å²) in [6.45, 7) is 7.25. The maximum Gasteiger partial charge on any atom is 0.112 e. The van der Waals surface area contributed by atoms with Crippen LogP contribution in [0.5, 0.6) is 0 Å². The molecule has 3 heterocycles. The highest BCUT2D eigenvalue weighted by Gasteiger charge is 2.29. The minimum absolute atomic E-state index is 0.678. The van der Waals surface area contributed by atoms with E-state index in [1.54, 1.807) is 0 Å². The van der Waals surface area contributed by atoms with Crippen LogP contribution in [0, 0.1) is 0 Å². The van der Waals surface area contributed by atoms with Gasteiger partial charge in [0, 0.05) is 31.1 Å². The van der Waals surface area contributed by atoms with Gasteiger partial charge in [-0.2, -0.15) is 0 Å². The number of piperidine rings is 1. The van der Waals surface area contributed by atoms with Gasteiger partial charge in [-0.3, -0.25) is 0 Å². The van der Waals surface area contributed by atoms with E-state index >= 15 is 0 Å². The van der Waals surface area contributed by atoms with Crippen molar-refractivity contribution in [2.75, 3.05) is 32.7 Å². The number of hydrogen-bond donors (Lipinski definition) is 1. The summed E-state index contributed by atoms with van der Waals surface area (Å²) in [5.41, 5.74) is 1.38. The van der Waals surface area contributed by atoms with Crippen LogP contribution >= 0.6 is 0 Å².